The molecule has 0 saturated carbocycles. The number of ether oxygens (including phenoxy) is 1. The van der Waals surface area contributed by atoms with Crippen LogP contribution in [0.3, 0.4) is 0 Å². The molecule has 3 aromatic rings. The molecule has 33 heavy (non-hydrogen) atoms. The van der Waals surface area contributed by atoms with Crippen LogP contribution in [0.15, 0.2) is 36.9 Å². The normalized spacial score (nSPS) is 20.2. The number of hydrogen-bond donors (Lipinski definition) is 1. The maximum absolute atomic E-state index is 12.7. The number of aromatic carboxylic acids is 1. The summed E-state index contributed by atoms with van der Waals surface area (Å²) in [6.07, 6.45) is 9.70. The number of carboxylic acids is 1. The highest BCUT2D eigenvalue weighted by atomic mass is 16.5. The van der Waals surface area contributed by atoms with Crippen LogP contribution in [0.2, 0.25) is 0 Å². The van der Waals surface area contributed by atoms with Gasteiger partial charge in [-0.1, -0.05) is 5.21 Å². The minimum atomic E-state index is -1.02. The maximum Gasteiger partial charge on any atom is 0.337 e. The molecule has 1 spiro atoms. The second-order valence-electron chi connectivity index (χ2n) is 8.69. The quantitative estimate of drug-likeness (QED) is 0.636. The van der Waals surface area contributed by atoms with Gasteiger partial charge in [-0.3, -0.25) is 14.5 Å². The maximum atomic E-state index is 12.7. The highest BCUT2D eigenvalue weighted by Crippen LogP contribution is 2.39. The summed E-state index contributed by atoms with van der Waals surface area (Å²) in [5, 5.41) is 21.7. The lowest BCUT2D eigenvalue weighted by Crippen LogP contribution is -2.51. The second-order valence-corrected chi connectivity index (χ2v) is 8.69. The smallest absolute Gasteiger partial charge is 0.337 e. The minimum Gasteiger partial charge on any atom is -0.478 e. The van der Waals surface area contributed by atoms with Crippen molar-refractivity contribution >= 4 is 11.9 Å². The Labute approximate surface area is 190 Å². The summed E-state index contributed by atoms with van der Waals surface area (Å²) in [5.74, 6) is -1.01. The van der Waals surface area contributed by atoms with E-state index in [4.69, 9.17) is 9.84 Å². The molecule has 2 saturated heterocycles. The molecule has 2 fully saturated rings. The summed E-state index contributed by atoms with van der Waals surface area (Å²) in [5.41, 5.74) is 1.64. The fraction of sp³-hybridized carbons (Fsp3) is 0.455. The zero-order chi connectivity index (χ0) is 23.0. The van der Waals surface area contributed by atoms with Gasteiger partial charge in [0.05, 0.1) is 40.9 Å². The van der Waals surface area contributed by atoms with Crippen molar-refractivity contribution in [3.8, 4) is 11.4 Å². The van der Waals surface area contributed by atoms with Crippen LogP contribution >= 0.6 is 0 Å². The fourth-order valence-electron chi connectivity index (χ4n) is 4.65. The number of aryl methyl sites for hydroxylation is 1. The van der Waals surface area contributed by atoms with Gasteiger partial charge in [-0.15, -0.1) is 5.10 Å². The highest BCUT2D eigenvalue weighted by Gasteiger charge is 2.42. The van der Waals surface area contributed by atoms with E-state index in [1.165, 1.54) is 12.3 Å². The van der Waals surface area contributed by atoms with Gasteiger partial charge in [-0.25, -0.2) is 9.48 Å². The van der Waals surface area contributed by atoms with E-state index in [1.54, 1.807) is 30.2 Å². The standard InChI is InChI=1S/C22H25N7O4/c1-27-13-16(12-24-27)20(30)28-7-5-22(6-8-28)10-17(4-9-33-22)29-14-19(25-26-29)18-3-2-15(11-23-18)21(31)32/h2-3,11-14,17H,4-10H2,1H3,(H,31,32). The Morgan fingerprint density at radius 3 is 2.61 bits per heavy atom. The molecule has 1 N–H and O–H groups in total. The average molecular weight is 451 g/mol. The third-order valence-electron chi connectivity index (χ3n) is 6.54. The summed E-state index contributed by atoms with van der Waals surface area (Å²) < 4.78 is 9.73. The number of amides is 1. The first kappa shape index (κ1) is 21.3. The first-order chi connectivity index (χ1) is 15.9. The number of likely N-dealkylation sites (tertiary alicyclic amines) is 1. The van der Waals surface area contributed by atoms with Crippen LogP contribution in [-0.2, 0) is 11.8 Å². The lowest BCUT2D eigenvalue weighted by molar-refractivity contribution is -0.122. The van der Waals surface area contributed by atoms with Crippen LogP contribution in [-0.4, -0.2) is 76.9 Å². The van der Waals surface area contributed by atoms with Gasteiger partial charge in [-0.05, 0) is 37.8 Å². The first-order valence-corrected chi connectivity index (χ1v) is 11.0. The molecule has 11 nitrogen and oxygen atoms in total. The van der Waals surface area contributed by atoms with Crippen LogP contribution < -0.4 is 0 Å². The number of carboxylic acid groups (broad SMARTS) is 1. The van der Waals surface area contributed by atoms with Crippen molar-refractivity contribution in [3.05, 3.63) is 48.0 Å². The largest absolute Gasteiger partial charge is 0.478 e. The Morgan fingerprint density at radius 1 is 1.12 bits per heavy atom. The molecule has 2 aliphatic rings. The Balaban J connectivity index is 1.24. The lowest BCUT2D eigenvalue weighted by atomic mass is 9.82. The predicted octanol–water partition coefficient (Wildman–Crippen LogP) is 1.80. The van der Waals surface area contributed by atoms with Crippen molar-refractivity contribution in [2.45, 2.75) is 37.3 Å². The molecule has 5 heterocycles. The van der Waals surface area contributed by atoms with Crippen LogP contribution in [0.25, 0.3) is 11.4 Å². The van der Waals surface area contributed by atoms with Gasteiger partial charge in [0.15, 0.2) is 0 Å². The van der Waals surface area contributed by atoms with Crippen molar-refractivity contribution in [2.24, 2.45) is 7.05 Å². The molecule has 3 aromatic heterocycles. The molecule has 1 atom stereocenters. The van der Waals surface area contributed by atoms with Crippen LogP contribution in [0.4, 0.5) is 0 Å². The van der Waals surface area contributed by atoms with E-state index in [0.29, 0.717) is 36.6 Å². The second kappa shape index (κ2) is 8.39. The third-order valence-corrected chi connectivity index (χ3v) is 6.54. The SMILES string of the molecule is Cn1cc(C(=O)N2CCC3(CC2)CC(n2cc(-c4ccc(C(=O)O)cn4)nn2)CCO3)cn1. The summed E-state index contributed by atoms with van der Waals surface area (Å²) >= 11 is 0. The Hall–Kier alpha value is -3.60. The molecular weight excluding hydrogens is 426 g/mol. The summed E-state index contributed by atoms with van der Waals surface area (Å²) in [4.78, 5) is 29.8. The molecule has 0 bridgehead atoms. The van der Waals surface area contributed by atoms with E-state index in [-0.39, 0.29) is 23.1 Å². The van der Waals surface area contributed by atoms with E-state index in [0.717, 1.165) is 25.7 Å². The first-order valence-electron chi connectivity index (χ1n) is 11.0. The van der Waals surface area contributed by atoms with E-state index in [1.807, 2.05) is 15.8 Å². The van der Waals surface area contributed by atoms with Gasteiger partial charge in [0.2, 0.25) is 0 Å². The van der Waals surface area contributed by atoms with Crippen molar-refractivity contribution in [2.75, 3.05) is 19.7 Å². The zero-order valence-electron chi connectivity index (χ0n) is 18.3. The molecule has 1 amide bonds. The van der Waals surface area contributed by atoms with Crippen LogP contribution in [0.5, 0.6) is 0 Å². The average Bonchev–Trinajstić information content (AvgIpc) is 3.49. The van der Waals surface area contributed by atoms with Gasteiger partial charge >= 0.3 is 5.97 Å². The van der Waals surface area contributed by atoms with Gasteiger partial charge < -0.3 is 14.7 Å². The molecule has 0 aliphatic carbocycles. The van der Waals surface area contributed by atoms with Gasteiger partial charge in [-0.2, -0.15) is 5.10 Å². The molecule has 2 aliphatic heterocycles. The highest BCUT2D eigenvalue weighted by molar-refractivity contribution is 5.93. The van der Waals surface area contributed by atoms with Gasteiger partial charge in [0, 0.05) is 39.1 Å². The lowest BCUT2D eigenvalue weighted by Gasteiger charge is -2.46. The Kier molecular flexibility index (Phi) is 5.41. The molecule has 1 unspecified atom stereocenters. The number of hydrogen-bond acceptors (Lipinski definition) is 7. The predicted molar refractivity (Wildman–Crippen MR) is 116 cm³/mol. The third kappa shape index (κ3) is 4.23. The number of carbonyl (C=O) groups excluding carboxylic acids is 1. The fourth-order valence-corrected chi connectivity index (χ4v) is 4.65. The summed E-state index contributed by atoms with van der Waals surface area (Å²) in [6, 6.07) is 3.28. The van der Waals surface area contributed by atoms with E-state index in [2.05, 4.69) is 20.4 Å². The van der Waals surface area contributed by atoms with Crippen molar-refractivity contribution in [1.29, 1.82) is 0 Å². The number of aromatic nitrogens is 6. The molecule has 172 valence electrons. The van der Waals surface area contributed by atoms with Crippen LogP contribution in [0, 0.1) is 0 Å². The van der Waals surface area contributed by atoms with E-state index in [9.17, 15) is 9.59 Å². The number of nitrogens with zero attached hydrogens (tertiary/aromatic N) is 7. The molecule has 0 aromatic carbocycles. The molecule has 11 heteroatoms. The summed E-state index contributed by atoms with van der Waals surface area (Å²) in [7, 11) is 1.80. The number of carbonyl (C=O) groups is 2. The molecule has 0 radical (unpaired) electrons. The van der Waals surface area contributed by atoms with Crippen molar-refractivity contribution in [1.82, 2.24) is 34.7 Å². The van der Waals surface area contributed by atoms with Crippen molar-refractivity contribution < 1.29 is 19.4 Å². The van der Waals surface area contributed by atoms with Gasteiger partial charge in [0.25, 0.3) is 5.91 Å². The van der Waals surface area contributed by atoms with Gasteiger partial charge in [0.1, 0.15) is 5.69 Å². The number of pyridine rings is 1. The zero-order valence-corrected chi connectivity index (χ0v) is 18.3. The van der Waals surface area contributed by atoms with Crippen LogP contribution in [0.1, 0.15) is 52.4 Å². The Bertz CT molecular complexity index is 1160. The van der Waals surface area contributed by atoms with E-state index < -0.39 is 5.97 Å². The molecule has 5 rings (SSSR count). The number of piperidine rings is 1. The Morgan fingerprint density at radius 2 is 1.94 bits per heavy atom. The monoisotopic (exact) mass is 451 g/mol. The number of rotatable bonds is 4. The topological polar surface area (TPSA) is 128 Å². The molecular formula is C22H25N7O4. The van der Waals surface area contributed by atoms with Crippen molar-refractivity contribution in [3.63, 3.8) is 0 Å². The minimum absolute atomic E-state index is 0.00708. The van der Waals surface area contributed by atoms with E-state index >= 15 is 0 Å². The summed E-state index contributed by atoms with van der Waals surface area (Å²) in [6.45, 7) is 1.91.